The Bertz CT molecular complexity index is 763. The molecule has 0 N–H and O–H groups in total. The van der Waals surface area contributed by atoms with Gasteiger partial charge in [0.2, 0.25) is 0 Å². The Morgan fingerprint density at radius 1 is 1.00 bits per heavy atom. The van der Waals surface area contributed by atoms with Gasteiger partial charge in [-0.3, -0.25) is 0 Å². The number of nitrogens with zero attached hydrogens (tertiary/aromatic N) is 3. The molecule has 80 valence electrons. The van der Waals surface area contributed by atoms with E-state index < -0.39 is 0 Å². The third-order valence-electron chi connectivity index (χ3n) is 3.30. The topological polar surface area (TPSA) is 38.7 Å². The SMILES string of the molecule is Cc1cc2c3c(cccc3c1)-c1nnncc1-2. The van der Waals surface area contributed by atoms with Gasteiger partial charge in [0.15, 0.2) is 0 Å². The van der Waals surface area contributed by atoms with Gasteiger partial charge in [0, 0.05) is 11.1 Å². The van der Waals surface area contributed by atoms with Crippen LogP contribution in [0.5, 0.6) is 0 Å². The second kappa shape index (κ2) is 2.88. The van der Waals surface area contributed by atoms with Gasteiger partial charge in [0.1, 0.15) is 5.69 Å². The van der Waals surface area contributed by atoms with Gasteiger partial charge >= 0.3 is 0 Å². The fraction of sp³-hybridized carbons (Fsp3) is 0.0714. The zero-order valence-electron chi connectivity index (χ0n) is 9.31. The van der Waals surface area contributed by atoms with Crippen LogP contribution in [0.3, 0.4) is 0 Å². The molecule has 2 aromatic carbocycles. The van der Waals surface area contributed by atoms with E-state index in [4.69, 9.17) is 0 Å². The van der Waals surface area contributed by atoms with Crippen LogP contribution in [0.4, 0.5) is 0 Å². The van der Waals surface area contributed by atoms with Crippen molar-refractivity contribution in [2.75, 3.05) is 0 Å². The summed E-state index contributed by atoms with van der Waals surface area (Å²) in [6.45, 7) is 2.11. The molecule has 0 aliphatic heterocycles. The average Bonchev–Trinajstić information content (AvgIpc) is 2.67. The summed E-state index contributed by atoms with van der Waals surface area (Å²) in [5.41, 5.74) is 5.70. The van der Waals surface area contributed by atoms with Crippen molar-refractivity contribution in [3.8, 4) is 22.4 Å². The summed E-state index contributed by atoms with van der Waals surface area (Å²) in [5, 5.41) is 14.3. The van der Waals surface area contributed by atoms with E-state index in [0.29, 0.717) is 0 Å². The summed E-state index contributed by atoms with van der Waals surface area (Å²) in [4.78, 5) is 0. The quantitative estimate of drug-likeness (QED) is 0.456. The van der Waals surface area contributed by atoms with Crippen LogP contribution in [0, 0.1) is 6.92 Å². The van der Waals surface area contributed by atoms with Gasteiger partial charge in [0.05, 0.1) is 6.20 Å². The highest BCUT2D eigenvalue weighted by Crippen LogP contribution is 2.45. The minimum absolute atomic E-state index is 0.950. The van der Waals surface area contributed by atoms with Crippen molar-refractivity contribution in [1.82, 2.24) is 15.4 Å². The molecule has 0 unspecified atom stereocenters. The van der Waals surface area contributed by atoms with Crippen LogP contribution in [-0.4, -0.2) is 15.4 Å². The molecule has 0 spiro atoms. The normalized spacial score (nSPS) is 11.8. The Hall–Kier alpha value is -2.29. The Balaban J connectivity index is 2.30. The Morgan fingerprint density at radius 3 is 2.88 bits per heavy atom. The number of aromatic nitrogens is 3. The van der Waals surface area contributed by atoms with Crippen LogP contribution in [0.2, 0.25) is 0 Å². The Kier molecular flexibility index (Phi) is 1.50. The van der Waals surface area contributed by atoms with Crippen molar-refractivity contribution in [3.05, 3.63) is 42.1 Å². The maximum Gasteiger partial charge on any atom is 0.105 e. The Morgan fingerprint density at radius 2 is 1.94 bits per heavy atom. The monoisotopic (exact) mass is 219 g/mol. The second-order valence-corrected chi connectivity index (χ2v) is 4.41. The second-order valence-electron chi connectivity index (χ2n) is 4.41. The highest BCUT2D eigenvalue weighted by molar-refractivity contribution is 6.14. The lowest BCUT2D eigenvalue weighted by atomic mass is 10.0. The molecule has 1 aliphatic rings. The molecule has 3 heteroatoms. The van der Waals surface area contributed by atoms with Crippen LogP contribution >= 0.6 is 0 Å². The van der Waals surface area contributed by atoms with Crippen molar-refractivity contribution >= 4 is 10.8 Å². The molecule has 3 nitrogen and oxygen atoms in total. The smallest absolute Gasteiger partial charge is 0.105 e. The minimum Gasteiger partial charge on any atom is -0.138 e. The zero-order valence-corrected chi connectivity index (χ0v) is 9.31. The summed E-state index contributed by atoms with van der Waals surface area (Å²) in [6, 6.07) is 10.7. The van der Waals surface area contributed by atoms with Crippen LogP contribution in [-0.2, 0) is 0 Å². The van der Waals surface area contributed by atoms with Crippen molar-refractivity contribution in [2.24, 2.45) is 0 Å². The van der Waals surface area contributed by atoms with Gasteiger partial charge in [-0.2, -0.15) is 0 Å². The fourth-order valence-electron chi connectivity index (χ4n) is 2.65. The zero-order chi connectivity index (χ0) is 11.4. The van der Waals surface area contributed by atoms with E-state index in [0.717, 1.165) is 11.3 Å². The molecular formula is C14H9N3. The number of aryl methyl sites for hydroxylation is 1. The van der Waals surface area contributed by atoms with E-state index in [-0.39, 0.29) is 0 Å². The predicted molar refractivity (Wildman–Crippen MR) is 66.5 cm³/mol. The number of benzene rings is 2. The molecule has 1 aromatic heterocycles. The molecule has 0 atom stereocenters. The van der Waals surface area contributed by atoms with Gasteiger partial charge < -0.3 is 0 Å². The molecule has 4 rings (SSSR count). The number of rotatable bonds is 0. The molecule has 17 heavy (non-hydrogen) atoms. The van der Waals surface area contributed by atoms with Gasteiger partial charge in [-0.15, -0.1) is 10.2 Å². The largest absolute Gasteiger partial charge is 0.138 e. The van der Waals surface area contributed by atoms with Gasteiger partial charge in [0.25, 0.3) is 0 Å². The predicted octanol–water partition coefficient (Wildman–Crippen LogP) is 2.98. The van der Waals surface area contributed by atoms with Crippen molar-refractivity contribution in [1.29, 1.82) is 0 Å². The third kappa shape index (κ3) is 1.03. The molecule has 1 heterocycles. The lowest BCUT2D eigenvalue weighted by Crippen LogP contribution is -1.89. The van der Waals surface area contributed by atoms with E-state index in [1.165, 1.54) is 27.5 Å². The van der Waals surface area contributed by atoms with E-state index in [9.17, 15) is 0 Å². The third-order valence-corrected chi connectivity index (χ3v) is 3.30. The number of fused-ring (bicyclic) bond motifs is 3. The first kappa shape index (κ1) is 8.82. The van der Waals surface area contributed by atoms with Gasteiger partial charge in [-0.25, -0.2) is 0 Å². The highest BCUT2D eigenvalue weighted by atomic mass is 15.3. The van der Waals surface area contributed by atoms with Crippen molar-refractivity contribution in [3.63, 3.8) is 0 Å². The standard InChI is InChI=1S/C14H9N3/c1-8-5-9-3-2-4-10-13(9)11(6-8)12-7-15-17-16-14(10)12/h2-7H,1H3. The molecule has 0 bridgehead atoms. The summed E-state index contributed by atoms with van der Waals surface area (Å²) >= 11 is 0. The first-order chi connectivity index (χ1) is 8.34. The van der Waals surface area contributed by atoms with Crippen LogP contribution in [0.1, 0.15) is 5.56 Å². The lowest BCUT2D eigenvalue weighted by Gasteiger charge is -2.03. The number of hydrogen-bond donors (Lipinski definition) is 0. The maximum absolute atomic E-state index is 4.17. The first-order valence-corrected chi connectivity index (χ1v) is 5.57. The lowest BCUT2D eigenvalue weighted by molar-refractivity contribution is 0.875. The molecule has 0 saturated heterocycles. The summed E-state index contributed by atoms with van der Waals surface area (Å²) in [6.07, 6.45) is 1.80. The first-order valence-electron chi connectivity index (χ1n) is 5.57. The maximum atomic E-state index is 4.17. The minimum atomic E-state index is 0.950. The van der Waals surface area contributed by atoms with Crippen molar-refractivity contribution < 1.29 is 0 Å². The average molecular weight is 219 g/mol. The molecule has 3 aromatic rings. The van der Waals surface area contributed by atoms with Crippen LogP contribution in [0.15, 0.2) is 36.5 Å². The van der Waals surface area contributed by atoms with E-state index >= 15 is 0 Å². The molecule has 0 fully saturated rings. The molecule has 0 saturated carbocycles. The summed E-state index contributed by atoms with van der Waals surface area (Å²) in [5.74, 6) is 0. The molecule has 0 amide bonds. The fourth-order valence-corrected chi connectivity index (χ4v) is 2.65. The van der Waals surface area contributed by atoms with Crippen molar-refractivity contribution in [2.45, 2.75) is 6.92 Å². The highest BCUT2D eigenvalue weighted by Gasteiger charge is 2.22. The van der Waals surface area contributed by atoms with E-state index in [1.54, 1.807) is 6.20 Å². The van der Waals surface area contributed by atoms with Gasteiger partial charge in [-0.1, -0.05) is 30.3 Å². The Labute approximate surface area is 98.1 Å². The van der Waals surface area contributed by atoms with Crippen LogP contribution < -0.4 is 0 Å². The van der Waals surface area contributed by atoms with Crippen LogP contribution in [0.25, 0.3) is 33.2 Å². The molecular weight excluding hydrogens is 210 g/mol. The van der Waals surface area contributed by atoms with E-state index in [2.05, 4.69) is 52.7 Å². The summed E-state index contributed by atoms with van der Waals surface area (Å²) in [7, 11) is 0. The summed E-state index contributed by atoms with van der Waals surface area (Å²) < 4.78 is 0. The number of hydrogen-bond acceptors (Lipinski definition) is 3. The van der Waals surface area contributed by atoms with E-state index in [1.807, 2.05) is 0 Å². The van der Waals surface area contributed by atoms with Gasteiger partial charge in [-0.05, 0) is 34.0 Å². The molecule has 0 radical (unpaired) electrons. The molecule has 1 aliphatic carbocycles.